The van der Waals surface area contributed by atoms with Gasteiger partial charge in [0.05, 0.1) is 14.2 Å². The molecular weight excluding hydrogens is 463 g/mol. The van der Waals surface area contributed by atoms with Crippen LogP contribution in [0.5, 0.6) is 11.5 Å². The molecule has 2 aromatic carbocycles. The van der Waals surface area contributed by atoms with E-state index in [9.17, 15) is 0 Å². The van der Waals surface area contributed by atoms with Gasteiger partial charge in [0, 0.05) is 36.3 Å². The fraction of sp³-hybridized carbons (Fsp3) is 0.478. The van der Waals surface area contributed by atoms with E-state index < -0.39 is 0 Å². The van der Waals surface area contributed by atoms with Gasteiger partial charge < -0.3 is 19.3 Å². The number of hydrogen-bond donors (Lipinski definition) is 0. The summed E-state index contributed by atoms with van der Waals surface area (Å²) >= 11 is 2.39. The number of aryl methyl sites for hydroxylation is 1. The lowest BCUT2D eigenvalue weighted by Gasteiger charge is -2.34. The summed E-state index contributed by atoms with van der Waals surface area (Å²) in [6.07, 6.45) is 3.47. The van der Waals surface area contributed by atoms with Crippen molar-refractivity contribution in [2.45, 2.75) is 19.3 Å². The highest BCUT2D eigenvalue weighted by molar-refractivity contribution is 14.1. The third-order valence-electron chi connectivity index (χ3n) is 5.46. The Bertz CT molecular complexity index is 745. The van der Waals surface area contributed by atoms with Crippen LogP contribution in [0, 0.1) is 3.57 Å². The van der Waals surface area contributed by atoms with Crippen LogP contribution in [-0.4, -0.2) is 63.3 Å². The molecule has 28 heavy (non-hydrogen) atoms. The topological polar surface area (TPSA) is 24.9 Å². The van der Waals surface area contributed by atoms with Crippen LogP contribution in [0.25, 0.3) is 0 Å². The normalized spacial score (nSPS) is 15.5. The van der Waals surface area contributed by atoms with E-state index in [1.54, 1.807) is 14.2 Å². The van der Waals surface area contributed by atoms with Gasteiger partial charge in [-0.3, -0.25) is 0 Å². The Morgan fingerprint density at radius 2 is 1.46 bits per heavy atom. The van der Waals surface area contributed by atoms with Gasteiger partial charge in [0.25, 0.3) is 0 Å². The molecule has 0 atom stereocenters. The van der Waals surface area contributed by atoms with E-state index >= 15 is 0 Å². The van der Waals surface area contributed by atoms with Crippen LogP contribution in [0.2, 0.25) is 0 Å². The van der Waals surface area contributed by atoms with Crippen LogP contribution >= 0.6 is 22.6 Å². The standard InChI is InChI=1S/C23H31IN2O2/c1-27-22-9-8-20(18-23(22)28-2)10-12-26-15-13-25(14-16-26)11-4-6-19-5-3-7-21(24)17-19/h3,5,7-9,17-18H,4,6,10-16H2,1-2H3. The largest absolute Gasteiger partial charge is 0.493 e. The van der Waals surface area contributed by atoms with Crippen molar-refractivity contribution in [1.82, 2.24) is 9.80 Å². The molecule has 0 spiro atoms. The molecule has 1 fully saturated rings. The Balaban J connectivity index is 1.36. The van der Waals surface area contributed by atoms with Crippen molar-refractivity contribution in [2.24, 2.45) is 0 Å². The molecule has 0 saturated carbocycles. The van der Waals surface area contributed by atoms with Crippen LogP contribution in [0.4, 0.5) is 0 Å². The summed E-state index contributed by atoms with van der Waals surface area (Å²) in [6, 6.07) is 15.1. The number of piperazine rings is 1. The Labute approximate surface area is 183 Å². The molecule has 0 radical (unpaired) electrons. The summed E-state index contributed by atoms with van der Waals surface area (Å²) in [4.78, 5) is 5.19. The predicted octanol–water partition coefficient (Wildman–Crippen LogP) is 4.10. The summed E-state index contributed by atoms with van der Waals surface area (Å²) in [6.45, 7) is 6.99. The molecule has 0 N–H and O–H groups in total. The van der Waals surface area contributed by atoms with Crippen molar-refractivity contribution < 1.29 is 9.47 Å². The first-order valence-corrected chi connectivity index (χ1v) is 11.2. The van der Waals surface area contributed by atoms with Crippen LogP contribution in [0.15, 0.2) is 42.5 Å². The van der Waals surface area contributed by atoms with Gasteiger partial charge in [0.2, 0.25) is 0 Å². The number of methoxy groups -OCH3 is 2. The van der Waals surface area contributed by atoms with Gasteiger partial charge in [-0.2, -0.15) is 0 Å². The number of rotatable bonds is 9. The highest BCUT2D eigenvalue weighted by Gasteiger charge is 2.16. The summed E-state index contributed by atoms with van der Waals surface area (Å²) in [5, 5.41) is 0. The van der Waals surface area contributed by atoms with Crippen molar-refractivity contribution in [2.75, 3.05) is 53.5 Å². The van der Waals surface area contributed by atoms with Gasteiger partial charge in [-0.05, 0) is 83.8 Å². The SMILES string of the molecule is COc1ccc(CCN2CCN(CCCc3cccc(I)c3)CC2)cc1OC. The molecule has 0 bridgehead atoms. The van der Waals surface area contributed by atoms with Crippen molar-refractivity contribution >= 4 is 22.6 Å². The maximum absolute atomic E-state index is 5.41. The molecule has 2 aromatic rings. The van der Waals surface area contributed by atoms with Gasteiger partial charge in [-0.1, -0.05) is 18.2 Å². The lowest BCUT2D eigenvalue weighted by Crippen LogP contribution is -2.47. The van der Waals surface area contributed by atoms with E-state index in [4.69, 9.17) is 9.47 Å². The molecule has 0 aliphatic carbocycles. The average molecular weight is 494 g/mol. The smallest absolute Gasteiger partial charge is 0.160 e. The predicted molar refractivity (Wildman–Crippen MR) is 124 cm³/mol. The van der Waals surface area contributed by atoms with Crippen LogP contribution in [0.1, 0.15) is 17.5 Å². The van der Waals surface area contributed by atoms with Gasteiger partial charge in [0.1, 0.15) is 0 Å². The Morgan fingerprint density at radius 1 is 0.786 bits per heavy atom. The zero-order chi connectivity index (χ0) is 19.8. The van der Waals surface area contributed by atoms with Gasteiger partial charge in [-0.25, -0.2) is 0 Å². The second-order valence-electron chi connectivity index (χ2n) is 7.36. The van der Waals surface area contributed by atoms with Crippen LogP contribution < -0.4 is 9.47 Å². The molecule has 3 rings (SSSR count). The minimum absolute atomic E-state index is 0.796. The van der Waals surface area contributed by atoms with Crippen molar-refractivity contribution in [1.29, 1.82) is 0 Å². The van der Waals surface area contributed by atoms with Gasteiger partial charge in [-0.15, -0.1) is 0 Å². The highest BCUT2D eigenvalue weighted by Crippen LogP contribution is 2.27. The van der Waals surface area contributed by atoms with Crippen molar-refractivity contribution in [3.8, 4) is 11.5 Å². The molecule has 1 aliphatic rings. The van der Waals surface area contributed by atoms with Gasteiger partial charge in [0.15, 0.2) is 11.5 Å². The van der Waals surface area contributed by atoms with Crippen molar-refractivity contribution in [3.63, 3.8) is 0 Å². The summed E-state index contributed by atoms with van der Waals surface area (Å²) in [7, 11) is 3.37. The zero-order valence-electron chi connectivity index (χ0n) is 17.0. The lowest BCUT2D eigenvalue weighted by molar-refractivity contribution is 0.132. The second-order valence-corrected chi connectivity index (χ2v) is 8.60. The first-order chi connectivity index (χ1) is 13.7. The highest BCUT2D eigenvalue weighted by atomic mass is 127. The molecule has 5 heteroatoms. The fourth-order valence-corrected chi connectivity index (χ4v) is 4.37. The molecule has 0 amide bonds. The molecular formula is C23H31IN2O2. The molecule has 0 unspecified atom stereocenters. The number of halogens is 1. The Kier molecular flexibility index (Phi) is 8.43. The first-order valence-electron chi connectivity index (χ1n) is 10.1. The lowest BCUT2D eigenvalue weighted by atomic mass is 10.1. The van der Waals surface area contributed by atoms with E-state index in [1.807, 2.05) is 6.07 Å². The quantitative estimate of drug-likeness (QED) is 0.491. The molecule has 1 saturated heterocycles. The van der Waals surface area contributed by atoms with E-state index in [2.05, 4.69) is 68.8 Å². The number of nitrogens with zero attached hydrogens (tertiary/aromatic N) is 2. The maximum Gasteiger partial charge on any atom is 0.160 e. The van der Waals surface area contributed by atoms with Crippen LogP contribution in [0.3, 0.4) is 0 Å². The summed E-state index contributed by atoms with van der Waals surface area (Å²) in [5.41, 5.74) is 2.76. The van der Waals surface area contributed by atoms with E-state index in [-0.39, 0.29) is 0 Å². The third-order valence-corrected chi connectivity index (χ3v) is 6.13. The average Bonchev–Trinajstić information content (AvgIpc) is 2.73. The zero-order valence-corrected chi connectivity index (χ0v) is 19.2. The Hall–Kier alpha value is -1.31. The maximum atomic E-state index is 5.41. The Morgan fingerprint density at radius 3 is 2.14 bits per heavy atom. The van der Waals surface area contributed by atoms with Gasteiger partial charge >= 0.3 is 0 Å². The molecule has 0 aromatic heterocycles. The monoisotopic (exact) mass is 494 g/mol. The summed E-state index contributed by atoms with van der Waals surface area (Å²) in [5.74, 6) is 1.61. The number of benzene rings is 2. The number of hydrogen-bond acceptors (Lipinski definition) is 4. The molecule has 1 aliphatic heterocycles. The fourth-order valence-electron chi connectivity index (χ4n) is 3.76. The molecule has 1 heterocycles. The van der Waals surface area contributed by atoms with E-state index in [0.29, 0.717) is 0 Å². The van der Waals surface area contributed by atoms with E-state index in [0.717, 1.165) is 37.6 Å². The third kappa shape index (κ3) is 6.36. The minimum atomic E-state index is 0.796. The minimum Gasteiger partial charge on any atom is -0.493 e. The van der Waals surface area contributed by atoms with E-state index in [1.165, 1.54) is 47.2 Å². The second kappa shape index (κ2) is 11.0. The van der Waals surface area contributed by atoms with Crippen LogP contribution in [-0.2, 0) is 12.8 Å². The number of ether oxygens (including phenoxy) is 2. The molecule has 152 valence electrons. The summed E-state index contributed by atoms with van der Waals surface area (Å²) < 4.78 is 12.1. The molecule has 4 nitrogen and oxygen atoms in total. The first kappa shape index (κ1) is 21.4. The van der Waals surface area contributed by atoms with Crippen molar-refractivity contribution in [3.05, 3.63) is 57.2 Å².